The minimum atomic E-state index is -0.623. The fraction of sp³-hybridized carbons (Fsp3) is 0.136. The molecule has 0 fully saturated rings. The number of carbonyl (C=O) groups excluding carboxylic acids is 2. The Kier molecular flexibility index (Phi) is 3.65. The number of carbonyl (C=O) groups is 2. The first-order valence-corrected chi connectivity index (χ1v) is 9.09. The second-order valence-electron chi connectivity index (χ2n) is 6.91. The van der Waals surface area contributed by atoms with Crippen LogP contribution in [0.25, 0.3) is 16.7 Å². The number of Topliss-reactive ketones (excluding diaryl/α,β-unsaturated/α-hetero) is 1. The Hall–Kier alpha value is -3.67. The number of nitrogens with zero attached hydrogens (tertiary/aromatic N) is 2. The second-order valence-corrected chi connectivity index (χ2v) is 6.91. The quantitative estimate of drug-likeness (QED) is 0.547. The van der Waals surface area contributed by atoms with Crippen molar-refractivity contribution < 1.29 is 14.0 Å². The maximum absolute atomic E-state index is 13.3. The highest BCUT2D eigenvalue weighted by Crippen LogP contribution is 2.38. The van der Waals surface area contributed by atoms with E-state index in [2.05, 4.69) is 10.4 Å². The van der Waals surface area contributed by atoms with Crippen LogP contribution in [0.2, 0.25) is 0 Å². The number of nitrogens with one attached hydrogen (secondary N) is 1. The molecule has 1 unspecified atom stereocenters. The molecule has 28 heavy (non-hydrogen) atoms. The van der Waals surface area contributed by atoms with Crippen LogP contribution < -0.4 is 5.32 Å². The number of anilines is 1. The van der Waals surface area contributed by atoms with Crippen molar-refractivity contribution in [2.24, 2.45) is 0 Å². The van der Waals surface area contributed by atoms with E-state index in [1.165, 1.54) is 0 Å². The first-order valence-electron chi connectivity index (χ1n) is 9.09. The monoisotopic (exact) mass is 371 g/mol. The van der Waals surface area contributed by atoms with Gasteiger partial charge in [0.15, 0.2) is 5.76 Å². The van der Waals surface area contributed by atoms with Gasteiger partial charge in [0.1, 0.15) is 11.4 Å². The lowest BCUT2D eigenvalue weighted by atomic mass is 9.87. The molecule has 0 saturated carbocycles. The third-order valence-corrected chi connectivity index (χ3v) is 5.09. The van der Waals surface area contributed by atoms with Crippen LogP contribution in [0, 0.1) is 6.92 Å². The molecule has 0 saturated heterocycles. The fourth-order valence-electron chi connectivity index (χ4n) is 3.80. The number of furan rings is 1. The van der Waals surface area contributed by atoms with Gasteiger partial charge in [-0.25, -0.2) is 4.68 Å². The molecule has 2 aromatic carbocycles. The van der Waals surface area contributed by atoms with Crippen LogP contribution >= 0.6 is 0 Å². The number of fused-ring (bicyclic) bond motifs is 2. The summed E-state index contributed by atoms with van der Waals surface area (Å²) in [5.74, 6) is -0.225. The molecule has 1 aliphatic rings. The number of para-hydroxylation sites is 2. The van der Waals surface area contributed by atoms with Crippen molar-refractivity contribution >= 4 is 28.5 Å². The Morgan fingerprint density at radius 2 is 1.89 bits per heavy atom. The average Bonchev–Trinajstić information content (AvgIpc) is 3.29. The van der Waals surface area contributed by atoms with Gasteiger partial charge >= 0.3 is 0 Å². The summed E-state index contributed by atoms with van der Waals surface area (Å²) in [6.07, 6.45) is 0.0736. The molecule has 0 bridgehead atoms. The van der Waals surface area contributed by atoms with Crippen molar-refractivity contribution in [3.05, 3.63) is 77.7 Å². The summed E-state index contributed by atoms with van der Waals surface area (Å²) in [7, 11) is 0. The summed E-state index contributed by atoms with van der Waals surface area (Å²) < 4.78 is 7.44. The van der Waals surface area contributed by atoms with Gasteiger partial charge in [-0.1, -0.05) is 36.4 Å². The fourth-order valence-corrected chi connectivity index (χ4v) is 3.80. The Bertz CT molecular complexity index is 1190. The summed E-state index contributed by atoms with van der Waals surface area (Å²) in [4.78, 5) is 25.7. The Morgan fingerprint density at radius 3 is 2.68 bits per heavy atom. The van der Waals surface area contributed by atoms with Gasteiger partial charge in [-0.2, -0.15) is 5.10 Å². The smallest absolute Gasteiger partial charge is 0.226 e. The third-order valence-electron chi connectivity index (χ3n) is 5.09. The van der Waals surface area contributed by atoms with Crippen molar-refractivity contribution in [3.8, 4) is 5.69 Å². The van der Waals surface area contributed by atoms with Gasteiger partial charge in [0.2, 0.25) is 11.7 Å². The van der Waals surface area contributed by atoms with E-state index in [1.54, 1.807) is 10.7 Å². The minimum absolute atomic E-state index is 0.0736. The predicted molar refractivity (Wildman–Crippen MR) is 105 cm³/mol. The molecule has 0 spiro atoms. The number of hydrogen-bond donors (Lipinski definition) is 1. The van der Waals surface area contributed by atoms with Crippen LogP contribution in [0.4, 0.5) is 5.82 Å². The van der Waals surface area contributed by atoms with Crippen molar-refractivity contribution in [2.45, 2.75) is 19.3 Å². The number of rotatable bonds is 3. The topological polar surface area (TPSA) is 77.1 Å². The van der Waals surface area contributed by atoms with Crippen molar-refractivity contribution in [1.82, 2.24) is 9.78 Å². The van der Waals surface area contributed by atoms with Gasteiger partial charge in [-0.15, -0.1) is 0 Å². The average molecular weight is 371 g/mol. The molecule has 2 aromatic heterocycles. The predicted octanol–water partition coefficient (Wildman–Crippen LogP) is 4.24. The molecule has 6 nitrogen and oxygen atoms in total. The zero-order valence-corrected chi connectivity index (χ0v) is 15.2. The van der Waals surface area contributed by atoms with Crippen LogP contribution in [0.5, 0.6) is 0 Å². The standard InChI is InChI=1S/C22H17N3O3/c1-13-20-16(21(27)18-11-14-7-5-6-10-17(14)28-18)12-19(26)23-22(20)25(24-13)15-8-3-2-4-9-15/h2-11,16H,12H2,1H3,(H,23,26). The number of aromatic nitrogens is 2. The zero-order chi connectivity index (χ0) is 19.3. The summed E-state index contributed by atoms with van der Waals surface area (Å²) in [5.41, 5.74) is 2.94. The minimum Gasteiger partial charge on any atom is -0.453 e. The van der Waals surface area contributed by atoms with Gasteiger partial charge in [0, 0.05) is 17.4 Å². The Labute approximate surface area is 160 Å². The van der Waals surface area contributed by atoms with E-state index in [1.807, 2.05) is 61.5 Å². The highest BCUT2D eigenvalue weighted by Gasteiger charge is 2.37. The van der Waals surface area contributed by atoms with E-state index in [0.717, 1.165) is 16.6 Å². The summed E-state index contributed by atoms with van der Waals surface area (Å²) in [6.45, 7) is 1.86. The molecule has 6 heteroatoms. The van der Waals surface area contributed by atoms with E-state index in [-0.39, 0.29) is 23.9 Å². The SMILES string of the molecule is Cc1nn(-c2ccccc2)c2c1C(C(=O)c1cc3ccccc3o1)CC(=O)N2. The van der Waals surface area contributed by atoms with Crippen molar-refractivity contribution in [1.29, 1.82) is 0 Å². The van der Waals surface area contributed by atoms with Gasteiger partial charge in [-0.3, -0.25) is 9.59 Å². The van der Waals surface area contributed by atoms with E-state index in [0.29, 0.717) is 17.1 Å². The molecular weight excluding hydrogens is 354 g/mol. The second kappa shape index (κ2) is 6.20. The van der Waals surface area contributed by atoms with E-state index in [4.69, 9.17) is 4.42 Å². The Balaban J connectivity index is 1.62. The lowest BCUT2D eigenvalue weighted by Crippen LogP contribution is -2.28. The molecule has 1 N–H and O–H groups in total. The highest BCUT2D eigenvalue weighted by atomic mass is 16.3. The lowest BCUT2D eigenvalue weighted by molar-refractivity contribution is -0.116. The van der Waals surface area contributed by atoms with Crippen LogP contribution in [0.3, 0.4) is 0 Å². The Morgan fingerprint density at radius 1 is 1.14 bits per heavy atom. The molecule has 138 valence electrons. The van der Waals surface area contributed by atoms with E-state index in [9.17, 15) is 9.59 Å². The summed E-state index contributed by atoms with van der Waals surface area (Å²) in [6, 6.07) is 18.7. The third kappa shape index (κ3) is 2.53. The maximum atomic E-state index is 13.3. The molecule has 5 rings (SSSR count). The highest BCUT2D eigenvalue weighted by molar-refractivity contribution is 6.08. The van der Waals surface area contributed by atoms with Crippen LogP contribution in [0.1, 0.15) is 34.2 Å². The molecular formula is C22H17N3O3. The normalized spacial score (nSPS) is 16.0. The van der Waals surface area contributed by atoms with Gasteiger partial charge < -0.3 is 9.73 Å². The lowest BCUT2D eigenvalue weighted by Gasteiger charge is -2.22. The van der Waals surface area contributed by atoms with Crippen molar-refractivity contribution in [3.63, 3.8) is 0 Å². The number of amides is 1. The van der Waals surface area contributed by atoms with Gasteiger partial charge in [0.25, 0.3) is 0 Å². The van der Waals surface area contributed by atoms with Crippen LogP contribution in [-0.4, -0.2) is 21.5 Å². The van der Waals surface area contributed by atoms with E-state index >= 15 is 0 Å². The number of benzene rings is 2. The van der Waals surface area contributed by atoms with Gasteiger partial charge in [0.05, 0.1) is 17.3 Å². The van der Waals surface area contributed by atoms with Crippen LogP contribution in [0.15, 0.2) is 65.1 Å². The molecule has 1 aliphatic heterocycles. The molecule has 1 amide bonds. The summed E-state index contributed by atoms with van der Waals surface area (Å²) in [5, 5.41) is 8.34. The summed E-state index contributed by atoms with van der Waals surface area (Å²) >= 11 is 0. The van der Waals surface area contributed by atoms with E-state index < -0.39 is 5.92 Å². The zero-order valence-electron chi connectivity index (χ0n) is 15.2. The molecule has 0 aliphatic carbocycles. The molecule has 0 radical (unpaired) electrons. The molecule has 4 aromatic rings. The van der Waals surface area contributed by atoms with Crippen molar-refractivity contribution in [2.75, 3.05) is 5.32 Å². The van der Waals surface area contributed by atoms with Crippen LogP contribution in [-0.2, 0) is 4.79 Å². The molecule has 3 heterocycles. The largest absolute Gasteiger partial charge is 0.453 e. The first kappa shape index (κ1) is 16.5. The van der Waals surface area contributed by atoms with Gasteiger partial charge in [-0.05, 0) is 31.2 Å². The number of aryl methyl sites for hydroxylation is 1. The molecule has 1 atom stereocenters. The number of ketones is 1. The first-order chi connectivity index (χ1) is 13.6. The number of hydrogen-bond acceptors (Lipinski definition) is 4. The maximum Gasteiger partial charge on any atom is 0.226 e.